The molecule has 0 spiro atoms. The van der Waals surface area contributed by atoms with Gasteiger partial charge in [-0.3, -0.25) is 0 Å². The molecule has 1 heterocycles. The highest BCUT2D eigenvalue weighted by atomic mass is 19.1. The molecule has 0 aromatic heterocycles. The zero-order valence-corrected chi connectivity index (χ0v) is 11.1. The summed E-state index contributed by atoms with van der Waals surface area (Å²) in [7, 11) is 0. The Morgan fingerprint density at radius 2 is 1.67 bits per heavy atom. The summed E-state index contributed by atoms with van der Waals surface area (Å²) < 4.78 is 13.8. The van der Waals surface area contributed by atoms with Gasteiger partial charge >= 0.3 is 0 Å². The molecule has 0 bridgehead atoms. The van der Waals surface area contributed by atoms with Crippen molar-refractivity contribution in [3.05, 3.63) is 48.0 Å². The van der Waals surface area contributed by atoms with Crippen LogP contribution in [0.1, 0.15) is 32.3 Å². The van der Waals surface area contributed by atoms with E-state index in [4.69, 9.17) is 0 Å². The van der Waals surface area contributed by atoms with Gasteiger partial charge in [-0.2, -0.15) is 4.99 Å². The van der Waals surface area contributed by atoms with Gasteiger partial charge in [0, 0.05) is 0 Å². The van der Waals surface area contributed by atoms with E-state index < -0.39 is 0 Å². The van der Waals surface area contributed by atoms with Gasteiger partial charge < -0.3 is 0 Å². The number of nitrogens with zero attached hydrogens (tertiary/aromatic N) is 2. The van der Waals surface area contributed by atoms with E-state index in [-0.39, 0.29) is 5.82 Å². The van der Waals surface area contributed by atoms with Crippen LogP contribution in [0.2, 0.25) is 0 Å². The van der Waals surface area contributed by atoms with E-state index in [1.54, 1.807) is 0 Å². The standard InChI is InChI=1S/C15H20FN2/c1-3-10-18(11-4-2)12-9-17-15(18)13-5-7-14(16)8-6-13/h5-9,12H,3-4,10-11H2,1-2H3/q+1. The van der Waals surface area contributed by atoms with E-state index in [2.05, 4.69) is 25.0 Å². The first-order chi connectivity index (χ1) is 8.72. The molecule has 1 aliphatic rings. The van der Waals surface area contributed by atoms with Crippen molar-refractivity contribution >= 4 is 5.84 Å². The maximum absolute atomic E-state index is 13.0. The van der Waals surface area contributed by atoms with Crippen molar-refractivity contribution in [2.24, 2.45) is 4.99 Å². The molecule has 0 N–H and O–H groups in total. The van der Waals surface area contributed by atoms with Crippen LogP contribution in [0.4, 0.5) is 4.39 Å². The summed E-state index contributed by atoms with van der Waals surface area (Å²) in [6.07, 6.45) is 6.24. The van der Waals surface area contributed by atoms with Gasteiger partial charge in [0.25, 0.3) is 0 Å². The van der Waals surface area contributed by atoms with Crippen LogP contribution in [0.5, 0.6) is 0 Å². The number of halogens is 1. The molecule has 1 aromatic carbocycles. The van der Waals surface area contributed by atoms with Gasteiger partial charge in [0.2, 0.25) is 5.84 Å². The highest BCUT2D eigenvalue weighted by molar-refractivity contribution is 5.95. The van der Waals surface area contributed by atoms with Crippen LogP contribution in [0.25, 0.3) is 0 Å². The fourth-order valence-corrected chi connectivity index (χ4v) is 2.62. The normalized spacial score (nSPS) is 16.9. The third-order valence-electron chi connectivity index (χ3n) is 3.32. The lowest BCUT2D eigenvalue weighted by Gasteiger charge is -2.31. The van der Waals surface area contributed by atoms with Crippen molar-refractivity contribution in [1.82, 2.24) is 0 Å². The molecule has 0 saturated carbocycles. The van der Waals surface area contributed by atoms with Crippen LogP contribution >= 0.6 is 0 Å². The summed E-state index contributed by atoms with van der Waals surface area (Å²) in [4.78, 5) is 4.51. The van der Waals surface area contributed by atoms with E-state index in [1.807, 2.05) is 18.3 Å². The summed E-state index contributed by atoms with van der Waals surface area (Å²) in [6, 6.07) is 6.64. The lowest BCUT2D eigenvalue weighted by molar-refractivity contribution is -0.785. The molecule has 1 aromatic rings. The molecule has 0 atom stereocenters. The smallest absolute Gasteiger partial charge is 0.239 e. The highest BCUT2D eigenvalue weighted by Gasteiger charge is 2.34. The molecule has 1 aliphatic heterocycles. The third kappa shape index (κ3) is 2.36. The number of aliphatic imine (C=N–C) groups is 1. The minimum Gasteiger partial charge on any atom is -0.247 e. The minimum absolute atomic E-state index is 0.200. The van der Waals surface area contributed by atoms with Crippen molar-refractivity contribution < 1.29 is 8.87 Å². The summed E-state index contributed by atoms with van der Waals surface area (Å²) in [5.74, 6) is 0.841. The van der Waals surface area contributed by atoms with Crippen LogP contribution in [0.15, 0.2) is 41.7 Å². The number of hydrogen-bond donors (Lipinski definition) is 0. The Morgan fingerprint density at radius 1 is 1.06 bits per heavy atom. The molecule has 0 aliphatic carbocycles. The summed E-state index contributed by atoms with van der Waals surface area (Å²) in [5, 5.41) is 0. The predicted molar refractivity (Wildman–Crippen MR) is 72.7 cm³/mol. The Balaban J connectivity index is 2.34. The zero-order chi connectivity index (χ0) is 13.0. The largest absolute Gasteiger partial charge is 0.247 e. The van der Waals surface area contributed by atoms with Crippen LogP contribution < -0.4 is 0 Å². The Bertz CT molecular complexity index is 454. The van der Waals surface area contributed by atoms with E-state index in [9.17, 15) is 4.39 Å². The van der Waals surface area contributed by atoms with Gasteiger partial charge in [0.1, 0.15) is 12.0 Å². The van der Waals surface area contributed by atoms with Crippen molar-refractivity contribution in [3.8, 4) is 0 Å². The van der Waals surface area contributed by atoms with Gasteiger partial charge in [-0.25, -0.2) is 8.87 Å². The molecule has 18 heavy (non-hydrogen) atoms. The second-order valence-corrected chi connectivity index (χ2v) is 4.74. The Morgan fingerprint density at radius 3 is 2.22 bits per heavy atom. The molecular formula is C15H20FN2+. The maximum Gasteiger partial charge on any atom is 0.239 e. The molecule has 0 amide bonds. The molecule has 2 nitrogen and oxygen atoms in total. The van der Waals surface area contributed by atoms with Crippen molar-refractivity contribution in [2.45, 2.75) is 26.7 Å². The number of hydrogen-bond acceptors (Lipinski definition) is 1. The van der Waals surface area contributed by atoms with Crippen molar-refractivity contribution in [3.63, 3.8) is 0 Å². The number of quaternary nitrogens is 1. The van der Waals surface area contributed by atoms with Gasteiger partial charge in [-0.05, 0) is 37.1 Å². The molecule has 0 radical (unpaired) electrons. The van der Waals surface area contributed by atoms with E-state index in [0.717, 1.165) is 41.8 Å². The first-order valence-electron chi connectivity index (χ1n) is 6.60. The number of benzene rings is 1. The van der Waals surface area contributed by atoms with Gasteiger partial charge in [-0.1, -0.05) is 13.8 Å². The van der Waals surface area contributed by atoms with E-state index in [1.165, 1.54) is 12.1 Å². The lowest BCUT2D eigenvalue weighted by atomic mass is 10.1. The summed E-state index contributed by atoms with van der Waals surface area (Å²) in [6.45, 7) is 6.45. The molecule has 96 valence electrons. The quantitative estimate of drug-likeness (QED) is 0.704. The fraction of sp³-hybridized carbons (Fsp3) is 0.400. The van der Waals surface area contributed by atoms with Crippen LogP contribution in [0, 0.1) is 5.82 Å². The molecule has 0 unspecified atom stereocenters. The number of amidine groups is 1. The Labute approximate surface area is 108 Å². The monoisotopic (exact) mass is 247 g/mol. The molecule has 3 heteroatoms. The second-order valence-electron chi connectivity index (χ2n) is 4.74. The van der Waals surface area contributed by atoms with Gasteiger partial charge in [0.15, 0.2) is 0 Å². The van der Waals surface area contributed by atoms with Crippen molar-refractivity contribution in [1.29, 1.82) is 0 Å². The van der Waals surface area contributed by atoms with E-state index >= 15 is 0 Å². The molecular weight excluding hydrogens is 227 g/mol. The highest BCUT2D eigenvalue weighted by Crippen LogP contribution is 2.23. The minimum atomic E-state index is -0.200. The average Bonchev–Trinajstić information content (AvgIpc) is 2.75. The summed E-state index contributed by atoms with van der Waals surface area (Å²) >= 11 is 0. The van der Waals surface area contributed by atoms with Crippen molar-refractivity contribution in [2.75, 3.05) is 13.1 Å². The second kappa shape index (κ2) is 5.44. The molecule has 0 saturated heterocycles. The zero-order valence-electron chi connectivity index (χ0n) is 11.1. The summed E-state index contributed by atoms with van der Waals surface area (Å²) in [5.41, 5.74) is 1.02. The topological polar surface area (TPSA) is 12.4 Å². The van der Waals surface area contributed by atoms with Crippen LogP contribution in [0.3, 0.4) is 0 Å². The Hall–Kier alpha value is -1.48. The first-order valence-corrected chi connectivity index (χ1v) is 6.60. The third-order valence-corrected chi connectivity index (χ3v) is 3.32. The van der Waals surface area contributed by atoms with E-state index in [0.29, 0.717) is 0 Å². The average molecular weight is 247 g/mol. The van der Waals surface area contributed by atoms with Crippen LogP contribution in [-0.2, 0) is 0 Å². The van der Waals surface area contributed by atoms with Gasteiger partial charge in [0.05, 0.1) is 24.9 Å². The lowest BCUT2D eigenvalue weighted by Crippen LogP contribution is -2.48. The first kappa shape index (κ1) is 13.0. The SMILES string of the molecule is CCC[N+]1(CCC)C=CN=C1c1ccc(F)cc1. The molecule has 0 fully saturated rings. The van der Waals surface area contributed by atoms with Gasteiger partial charge in [-0.15, -0.1) is 0 Å². The fourth-order valence-electron chi connectivity index (χ4n) is 2.62. The van der Waals surface area contributed by atoms with Crippen LogP contribution in [-0.4, -0.2) is 23.4 Å². The number of rotatable bonds is 5. The predicted octanol–water partition coefficient (Wildman–Crippen LogP) is 3.69. The maximum atomic E-state index is 13.0. The Kier molecular flexibility index (Phi) is 3.92. The molecule has 2 rings (SSSR count).